The standard InChI is InChI=1S/C11H11F4NO4S/c1-10(2)4-8-6(5-19-10)3-7(12)9(16-8)20-21(17,18)11(13,14)15/h3H,4-5H2,1-2H3. The van der Waals surface area contributed by atoms with Crippen molar-refractivity contribution in [3.8, 4) is 5.88 Å². The first-order chi connectivity index (χ1) is 9.41. The number of rotatable bonds is 2. The van der Waals surface area contributed by atoms with Crippen LogP contribution < -0.4 is 4.18 Å². The van der Waals surface area contributed by atoms with E-state index in [1.165, 1.54) is 0 Å². The van der Waals surface area contributed by atoms with Crippen LogP contribution in [-0.4, -0.2) is 24.5 Å². The van der Waals surface area contributed by atoms with Gasteiger partial charge in [-0.1, -0.05) is 0 Å². The van der Waals surface area contributed by atoms with Crippen molar-refractivity contribution in [1.29, 1.82) is 0 Å². The van der Waals surface area contributed by atoms with Gasteiger partial charge in [0.1, 0.15) is 0 Å². The first kappa shape index (κ1) is 16.0. The number of hydrogen-bond acceptors (Lipinski definition) is 5. The van der Waals surface area contributed by atoms with Crippen LogP contribution in [0.3, 0.4) is 0 Å². The van der Waals surface area contributed by atoms with E-state index >= 15 is 0 Å². The summed E-state index contributed by atoms with van der Waals surface area (Å²) in [7, 11) is -5.96. The molecule has 1 aromatic rings. The van der Waals surface area contributed by atoms with E-state index in [2.05, 4.69) is 9.17 Å². The fourth-order valence-corrected chi connectivity index (χ4v) is 2.18. The third-order valence-electron chi connectivity index (χ3n) is 2.80. The van der Waals surface area contributed by atoms with E-state index in [0.717, 1.165) is 6.07 Å². The lowest BCUT2D eigenvalue weighted by molar-refractivity contribution is -0.0505. The zero-order valence-electron chi connectivity index (χ0n) is 11.0. The second-order valence-corrected chi connectivity index (χ2v) is 6.63. The Morgan fingerprint density at radius 2 is 2.00 bits per heavy atom. The summed E-state index contributed by atoms with van der Waals surface area (Å²) in [5, 5.41) is 0. The second-order valence-electron chi connectivity index (χ2n) is 5.09. The number of alkyl halides is 3. The zero-order chi connectivity index (χ0) is 16.1. The van der Waals surface area contributed by atoms with Crippen LogP contribution in [0.5, 0.6) is 5.88 Å². The average Bonchev–Trinajstić information content (AvgIpc) is 2.28. The van der Waals surface area contributed by atoms with Crippen LogP contribution in [0, 0.1) is 5.82 Å². The van der Waals surface area contributed by atoms with Crippen molar-refractivity contribution < 1.29 is 34.9 Å². The third-order valence-corrected chi connectivity index (χ3v) is 3.74. The van der Waals surface area contributed by atoms with Crippen LogP contribution >= 0.6 is 0 Å². The van der Waals surface area contributed by atoms with Gasteiger partial charge in [0.2, 0.25) is 0 Å². The molecule has 0 unspecified atom stereocenters. The summed E-state index contributed by atoms with van der Waals surface area (Å²) in [5.41, 5.74) is -5.72. The van der Waals surface area contributed by atoms with Crippen molar-refractivity contribution >= 4 is 10.1 Å². The van der Waals surface area contributed by atoms with Gasteiger partial charge in [-0.2, -0.15) is 21.6 Å². The molecule has 0 fully saturated rings. The van der Waals surface area contributed by atoms with Gasteiger partial charge in [-0.3, -0.25) is 0 Å². The molecule has 2 heterocycles. The third kappa shape index (κ3) is 3.26. The highest BCUT2D eigenvalue weighted by molar-refractivity contribution is 7.87. The van der Waals surface area contributed by atoms with E-state index in [4.69, 9.17) is 4.74 Å². The molecule has 0 N–H and O–H groups in total. The van der Waals surface area contributed by atoms with Crippen molar-refractivity contribution in [2.24, 2.45) is 0 Å². The maximum atomic E-state index is 13.6. The molecule has 0 amide bonds. The number of aromatic nitrogens is 1. The number of nitrogens with zero attached hydrogens (tertiary/aromatic N) is 1. The molecule has 0 aromatic carbocycles. The normalized spacial score (nSPS) is 18.2. The number of hydrogen-bond donors (Lipinski definition) is 0. The van der Waals surface area contributed by atoms with Gasteiger partial charge in [0.05, 0.1) is 17.9 Å². The summed E-state index contributed by atoms with van der Waals surface area (Å²) < 4.78 is 81.2. The van der Waals surface area contributed by atoms with Crippen LogP contribution in [0.15, 0.2) is 6.07 Å². The molecule has 1 aliphatic rings. The van der Waals surface area contributed by atoms with E-state index in [0.29, 0.717) is 5.56 Å². The van der Waals surface area contributed by atoms with Crippen molar-refractivity contribution in [2.75, 3.05) is 0 Å². The Bertz CT molecular complexity index is 670. The van der Waals surface area contributed by atoms with Crippen LogP contribution in [0.2, 0.25) is 0 Å². The lowest BCUT2D eigenvalue weighted by Crippen LogP contribution is -2.33. The Morgan fingerprint density at radius 3 is 2.57 bits per heavy atom. The van der Waals surface area contributed by atoms with E-state index < -0.39 is 32.9 Å². The van der Waals surface area contributed by atoms with Crippen molar-refractivity contribution in [2.45, 2.75) is 38.0 Å². The topological polar surface area (TPSA) is 65.5 Å². The first-order valence-electron chi connectivity index (χ1n) is 5.74. The summed E-state index contributed by atoms with van der Waals surface area (Å²) in [6, 6.07) is 0.860. The van der Waals surface area contributed by atoms with Crippen LogP contribution in [0.1, 0.15) is 25.1 Å². The predicted octanol–water partition coefficient (Wildman–Crippen LogP) is 2.30. The molecule has 0 aliphatic carbocycles. The number of halogens is 4. The zero-order valence-corrected chi connectivity index (χ0v) is 11.8. The summed E-state index contributed by atoms with van der Waals surface area (Å²) >= 11 is 0. The monoisotopic (exact) mass is 329 g/mol. The molecular formula is C11H11F4NO4S. The van der Waals surface area contributed by atoms with Gasteiger partial charge in [-0.05, 0) is 19.9 Å². The minimum atomic E-state index is -5.96. The van der Waals surface area contributed by atoms with E-state index in [9.17, 15) is 26.0 Å². The minimum absolute atomic E-state index is 0.0263. The van der Waals surface area contributed by atoms with Gasteiger partial charge in [0, 0.05) is 12.0 Å². The highest BCUT2D eigenvalue weighted by atomic mass is 32.2. The average molecular weight is 329 g/mol. The first-order valence-corrected chi connectivity index (χ1v) is 7.15. The van der Waals surface area contributed by atoms with E-state index in [-0.39, 0.29) is 18.7 Å². The van der Waals surface area contributed by atoms with Gasteiger partial charge >= 0.3 is 15.6 Å². The van der Waals surface area contributed by atoms with Crippen molar-refractivity contribution in [3.63, 3.8) is 0 Å². The van der Waals surface area contributed by atoms with Gasteiger partial charge in [0.15, 0.2) is 5.82 Å². The number of ether oxygens (including phenoxy) is 1. The predicted molar refractivity (Wildman–Crippen MR) is 62.4 cm³/mol. The Kier molecular flexibility index (Phi) is 3.65. The Balaban J connectivity index is 2.39. The summed E-state index contributed by atoms with van der Waals surface area (Å²) in [6.07, 6.45) is 0.186. The molecule has 0 spiro atoms. The van der Waals surface area contributed by atoms with Crippen molar-refractivity contribution in [1.82, 2.24) is 4.98 Å². The summed E-state index contributed by atoms with van der Waals surface area (Å²) in [4.78, 5) is 3.55. The van der Waals surface area contributed by atoms with Gasteiger partial charge in [-0.25, -0.2) is 9.37 Å². The fraction of sp³-hybridized carbons (Fsp3) is 0.545. The molecule has 0 saturated heterocycles. The Labute approximate surface area is 118 Å². The van der Waals surface area contributed by atoms with Gasteiger partial charge in [0.25, 0.3) is 5.88 Å². The quantitative estimate of drug-likeness (QED) is 0.473. The Morgan fingerprint density at radius 1 is 1.38 bits per heavy atom. The molecule has 2 rings (SSSR count). The molecule has 0 radical (unpaired) electrons. The fourth-order valence-electron chi connectivity index (χ4n) is 1.76. The lowest BCUT2D eigenvalue weighted by Gasteiger charge is -2.31. The molecule has 10 heteroatoms. The van der Waals surface area contributed by atoms with Crippen LogP contribution in [0.4, 0.5) is 17.6 Å². The van der Waals surface area contributed by atoms with Gasteiger partial charge in [-0.15, -0.1) is 0 Å². The SMILES string of the molecule is CC1(C)Cc2nc(OS(=O)(=O)C(F)(F)F)c(F)cc2CO1. The van der Waals surface area contributed by atoms with Crippen LogP contribution in [-0.2, 0) is 27.9 Å². The molecule has 1 aromatic heterocycles. The molecule has 21 heavy (non-hydrogen) atoms. The number of pyridine rings is 1. The lowest BCUT2D eigenvalue weighted by atomic mass is 9.96. The Hall–Kier alpha value is -1.42. The highest BCUT2D eigenvalue weighted by Crippen LogP contribution is 2.32. The maximum absolute atomic E-state index is 13.6. The van der Waals surface area contributed by atoms with Crippen molar-refractivity contribution in [3.05, 3.63) is 23.1 Å². The molecule has 0 atom stereocenters. The number of fused-ring (bicyclic) bond motifs is 1. The van der Waals surface area contributed by atoms with Crippen LogP contribution in [0.25, 0.3) is 0 Å². The molecule has 0 saturated carbocycles. The molecular weight excluding hydrogens is 318 g/mol. The maximum Gasteiger partial charge on any atom is 0.534 e. The molecule has 1 aliphatic heterocycles. The molecule has 118 valence electrons. The minimum Gasteiger partial charge on any atom is -0.370 e. The smallest absolute Gasteiger partial charge is 0.370 e. The largest absolute Gasteiger partial charge is 0.534 e. The van der Waals surface area contributed by atoms with Gasteiger partial charge < -0.3 is 8.92 Å². The van der Waals surface area contributed by atoms with E-state index in [1.54, 1.807) is 13.8 Å². The summed E-state index contributed by atoms with van der Waals surface area (Å²) in [5.74, 6) is -2.52. The highest BCUT2D eigenvalue weighted by Gasteiger charge is 2.49. The van der Waals surface area contributed by atoms with E-state index in [1.807, 2.05) is 0 Å². The molecule has 5 nitrogen and oxygen atoms in total. The summed E-state index contributed by atoms with van der Waals surface area (Å²) in [6.45, 7) is 3.46. The second kappa shape index (κ2) is 4.80. The molecule has 0 bridgehead atoms.